The van der Waals surface area contributed by atoms with E-state index in [9.17, 15) is 4.79 Å². The van der Waals surface area contributed by atoms with Crippen LogP contribution in [-0.4, -0.2) is 27.6 Å². The lowest BCUT2D eigenvalue weighted by Crippen LogP contribution is -2.26. The summed E-state index contributed by atoms with van der Waals surface area (Å²) in [5.74, 6) is 0.401. The van der Waals surface area contributed by atoms with Gasteiger partial charge in [-0.15, -0.1) is 0 Å². The van der Waals surface area contributed by atoms with Crippen LogP contribution in [0.3, 0.4) is 0 Å². The van der Waals surface area contributed by atoms with Gasteiger partial charge in [0.05, 0.1) is 12.2 Å². The van der Waals surface area contributed by atoms with Crippen LogP contribution in [0.4, 0.5) is 5.82 Å². The molecule has 2 aromatic rings. The predicted octanol–water partition coefficient (Wildman–Crippen LogP) is 2.77. The number of amides is 1. The van der Waals surface area contributed by atoms with Crippen molar-refractivity contribution >= 4 is 23.3 Å². The molecule has 2 rings (SSSR count). The Kier molecular flexibility index (Phi) is 5.16. The van der Waals surface area contributed by atoms with Crippen LogP contribution in [0.2, 0.25) is 5.15 Å². The minimum Gasteiger partial charge on any atom is -0.370 e. The second-order valence-electron chi connectivity index (χ2n) is 4.72. The normalized spacial score (nSPS) is 12.0. The number of pyridine rings is 1. The molecule has 3 N–H and O–H groups in total. The Morgan fingerprint density at radius 1 is 1.48 bits per heavy atom. The van der Waals surface area contributed by atoms with E-state index in [-0.39, 0.29) is 17.1 Å². The highest BCUT2D eigenvalue weighted by Crippen LogP contribution is 2.16. The maximum atomic E-state index is 12.3. The van der Waals surface area contributed by atoms with Crippen molar-refractivity contribution < 1.29 is 4.79 Å². The van der Waals surface area contributed by atoms with Crippen LogP contribution >= 0.6 is 11.6 Å². The second kappa shape index (κ2) is 7.08. The van der Waals surface area contributed by atoms with Gasteiger partial charge >= 0.3 is 0 Å². The first-order chi connectivity index (χ1) is 10.1. The summed E-state index contributed by atoms with van der Waals surface area (Å²) in [6.45, 7) is 4.72. The first kappa shape index (κ1) is 15.3. The number of hydrogen-bond acceptors (Lipinski definition) is 4. The van der Waals surface area contributed by atoms with E-state index >= 15 is 0 Å². The quantitative estimate of drug-likeness (QED) is 0.717. The smallest absolute Gasteiger partial charge is 0.251 e. The van der Waals surface area contributed by atoms with Crippen LogP contribution in [0.25, 0.3) is 0 Å². The molecule has 0 aliphatic heterocycles. The molecule has 1 atom stereocenters. The van der Waals surface area contributed by atoms with Crippen LogP contribution in [0, 0.1) is 0 Å². The molecule has 1 amide bonds. The number of hydrogen-bond donors (Lipinski definition) is 3. The van der Waals surface area contributed by atoms with Crippen molar-refractivity contribution in [1.82, 2.24) is 20.5 Å². The highest BCUT2D eigenvalue weighted by molar-refractivity contribution is 6.29. The van der Waals surface area contributed by atoms with E-state index in [2.05, 4.69) is 32.7 Å². The van der Waals surface area contributed by atoms with Gasteiger partial charge in [-0.2, -0.15) is 5.10 Å². The van der Waals surface area contributed by atoms with Crippen molar-refractivity contribution in [3.8, 4) is 0 Å². The van der Waals surface area contributed by atoms with E-state index in [0.717, 1.165) is 18.5 Å². The summed E-state index contributed by atoms with van der Waals surface area (Å²) in [7, 11) is 0. The Hall–Kier alpha value is -2.08. The van der Waals surface area contributed by atoms with Gasteiger partial charge in [0.15, 0.2) is 0 Å². The highest BCUT2D eigenvalue weighted by atomic mass is 35.5. The molecule has 0 saturated carbocycles. The van der Waals surface area contributed by atoms with E-state index in [4.69, 9.17) is 11.6 Å². The molecule has 6 nitrogen and oxygen atoms in total. The summed E-state index contributed by atoms with van der Waals surface area (Å²) in [6, 6.07) is 3.10. The van der Waals surface area contributed by atoms with Crippen molar-refractivity contribution in [2.24, 2.45) is 0 Å². The molecular weight excluding hydrogens is 290 g/mol. The summed E-state index contributed by atoms with van der Waals surface area (Å²) in [5.41, 5.74) is 1.39. The zero-order valence-electron chi connectivity index (χ0n) is 12.0. The number of nitrogens with one attached hydrogen (secondary N) is 3. The molecule has 0 spiro atoms. The standard InChI is InChI=1S/C14H18ClN5O/c1-3-4-16-13-6-10(5-12(15)20-13)14(21)19-9(2)11-7-17-18-8-11/h5-9H,3-4H2,1-2H3,(H,16,20)(H,17,18)(H,19,21). The topological polar surface area (TPSA) is 82.7 Å². The molecule has 2 heterocycles. The lowest BCUT2D eigenvalue weighted by atomic mass is 10.1. The summed E-state index contributed by atoms with van der Waals surface area (Å²) in [5, 5.41) is 12.9. The van der Waals surface area contributed by atoms with Crippen molar-refractivity contribution in [3.05, 3.63) is 40.8 Å². The van der Waals surface area contributed by atoms with Crippen molar-refractivity contribution in [2.45, 2.75) is 26.3 Å². The van der Waals surface area contributed by atoms with Gasteiger partial charge in [-0.25, -0.2) is 4.98 Å². The molecule has 0 aliphatic rings. The van der Waals surface area contributed by atoms with Gasteiger partial charge in [0.2, 0.25) is 0 Å². The lowest BCUT2D eigenvalue weighted by Gasteiger charge is -2.13. The van der Waals surface area contributed by atoms with Crippen LogP contribution < -0.4 is 10.6 Å². The van der Waals surface area contributed by atoms with Crippen molar-refractivity contribution in [1.29, 1.82) is 0 Å². The molecule has 0 saturated heterocycles. The van der Waals surface area contributed by atoms with Crippen molar-refractivity contribution in [3.63, 3.8) is 0 Å². The Labute approximate surface area is 128 Å². The molecule has 0 bridgehead atoms. The fraction of sp³-hybridized carbons (Fsp3) is 0.357. The average Bonchev–Trinajstić information content (AvgIpc) is 2.98. The summed E-state index contributed by atoms with van der Waals surface area (Å²) in [6.07, 6.45) is 4.39. The first-order valence-corrected chi connectivity index (χ1v) is 7.19. The van der Waals surface area contributed by atoms with E-state index in [0.29, 0.717) is 11.4 Å². The maximum Gasteiger partial charge on any atom is 0.251 e. The molecule has 2 aromatic heterocycles. The number of H-pyrrole nitrogens is 1. The third-order valence-corrected chi connectivity index (χ3v) is 3.17. The van der Waals surface area contributed by atoms with E-state index < -0.39 is 0 Å². The van der Waals surface area contributed by atoms with E-state index in [1.165, 1.54) is 0 Å². The molecule has 21 heavy (non-hydrogen) atoms. The van der Waals surface area contributed by atoms with Gasteiger partial charge in [-0.05, 0) is 25.5 Å². The molecule has 0 fully saturated rings. The SMILES string of the molecule is CCCNc1cc(C(=O)NC(C)c2cn[nH]c2)cc(Cl)n1. The monoisotopic (exact) mass is 307 g/mol. The number of carbonyl (C=O) groups excluding carboxylic acids is 1. The Bertz CT molecular complexity index is 599. The van der Waals surface area contributed by atoms with E-state index in [1.807, 2.05) is 6.92 Å². The minimum absolute atomic E-state index is 0.143. The van der Waals surface area contributed by atoms with Crippen LogP contribution in [-0.2, 0) is 0 Å². The Balaban J connectivity index is 2.09. The zero-order valence-corrected chi connectivity index (χ0v) is 12.7. The third kappa shape index (κ3) is 4.19. The Morgan fingerprint density at radius 3 is 2.95 bits per heavy atom. The molecule has 7 heteroatoms. The fourth-order valence-electron chi connectivity index (χ4n) is 1.83. The van der Waals surface area contributed by atoms with Gasteiger partial charge in [-0.3, -0.25) is 9.89 Å². The van der Waals surface area contributed by atoms with Crippen LogP contribution in [0.1, 0.15) is 42.2 Å². The van der Waals surface area contributed by atoms with Crippen molar-refractivity contribution in [2.75, 3.05) is 11.9 Å². The van der Waals surface area contributed by atoms with Gasteiger partial charge in [0, 0.05) is 23.9 Å². The fourth-order valence-corrected chi connectivity index (χ4v) is 2.04. The molecule has 112 valence electrons. The van der Waals surface area contributed by atoms with Crippen LogP contribution in [0.5, 0.6) is 0 Å². The molecule has 0 radical (unpaired) electrons. The predicted molar refractivity (Wildman–Crippen MR) is 82.5 cm³/mol. The molecule has 0 aromatic carbocycles. The zero-order chi connectivity index (χ0) is 15.2. The van der Waals surface area contributed by atoms with Gasteiger partial charge in [-0.1, -0.05) is 18.5 Å². The number of halogens is 1. The number of aromatic nitrogens is 3. The molecular formula is C14H18ClN5O. The number of carbonyl (C=O) groups is 1. The summed E-state index contributed by atoms with van der Waals surface area (Å²) >= 11 is 5.96. The minimum atomic E-state index is -0.201. The van der Waals surface area contributed by atoms with Gasteiger partial charge in [0.1, 0.15) is 11.0 Å². The first-order valence-electron chi connectivity index (χ1n) is 6.81. The van der Waals surface area contributed by atoms with Gasteiger partial charge < -0.3 is 10.6 Å². The maximum absolute atomic E-state index is 12.3. The number of anilines is 1. The van der Waals surface area contributed by atoms with Gasteiger partial charge in [0.25, 0.3) is 5.91 Å². The molecule has 1 unspecified atom stereocenters. The third-order valence-electron chi connectivity index (χ3n) is 2.98. The number of rotatable bonds is 6. The number of nitrogens with zero attached hydrogens (tertiary/aromatic N) is 2. The number of aromatic amines is 1. The second-order valence-corrected chi connectivity index (χ2v) is 5.10. The summed E-state index contributed by atoms with van der Waals surface area (Å²) in [4.78, 5) is 16.4. The Morgan fingerprint density at radius 2 is 2.29 bits per heavy atom. The lowest BCUT2D eigenvalue weighted by molar-refractivity contribution is 0.0940. The highest BCUT2D eigenvalue weighted by Gasteiger charge is 2.14. The van der Waals surface area contributed by atoms with Crippen LogP contribution in [0.15, 0.2) is 24.5 Å². The largest absolute Gasteiger partial charge is 0.370 e. The summed E-state index contributed by atoms with van der Waals surface area (Å²) < 4.78 is 0. The average molecular weight is 308 g/mol. The van der Waals surface area contributed by atoms with E-state index in [1.54, 1.807) is 24.5 Å². The molecule has 0 aliphatic carbocycles.